The third kappa shape index (κ3) is 8.55. The van der Waals surface area contributed by atoms with Crippen LogP contribution < -0.4 is 5.32 Å². The van der Waals surface area contributed by atoms with E-state index in [4.69, 9.17) is 14.2 Å². The Hall–Kier alpha value is -2.37. The van der Waals surface area contributed by atoms with Crippen LogP contribution in [-0.4, -0.2) is 30.4 Å². The second-order valence-corrected chi connectivity index (χ2v) is 8.14. The van der Waals surface area contributed by atoms with Gasteiger partial charge in [0, 0.05) is 0 Å². The van der Waals surface area contributed by atoms with Crippen LogP contribution in [0.2, 0.25) is 0 Å². The lowest BCUT2D eigenvalue weighted by Gasteiger charge is -2.31. The Morgan fingerprint density at radius 1 is 0.786 bits per heavy atom. The largest absolute Gasteiger partial charge is 0.444 e. The Morgan fingerprint density at radius 3 is 1.61 bits per heavy atom. The van der Waals surface area contributed by atoms with Crippen molar-refractivity contribution < 1.29 is 19.0 Å². The van der Waals surface area contributed by atoms with E-state index < -0.39 is 17.2 Å². The highest BCUT2D eigenvalue weighted by Crippen LogP contribution is 2.13. The molecule has 0 aliphatic heterocycles. The van der Waals surface area contributed by atoms with Gasteiger partial charge in [-0.2, -0.15) is 0 Å². The third-order valence-electron chi connectivity index (χ3n) is 3.87. The molecule has 2 aromatic rings. The van der Waals surface area contributed by atoms with Gasteiger partial charge in [0.2, 0.25) is 0 Å². The van der Waals surface area contributed by atoms with Crippen LogP contribution in [0.25, 0.3) is 0 Å². The van der Waals surface area contributed by atoms with Crippen LogP contribution in [0.3, 0.4) is 0 Å². The Bertz CT molecular complexity index is 665. The van der Waals surface area contributed by atoms with Crippen molar-refractivity contribution in [1.29, 1.82) is 0 Å². The molecule has 2 rings (SSSR count). The first-order valence-corrected chi connectivity index (χ1v) is 9.50. The summed E-state index contributed by atoms with van der Waals surface area (Å²) in [6, 6.07) is 19.8. The lowest BCUT2D eigenvalue weighted by molar-refractivity contribution is -0.00813. The maximum Gasteiger partial charge on any atom is 0.408 e. The molecule has 0 saturated heterocycles. The summed E-state index contributed by atoms with van der Waals surface area (Å²) in [7, 11) is 0. The number of amides is 1. The highest BCUT2D eigenvalue weighted by Gasteiger charge is 2.30. The number of carbonyl (C=O) groups excluding carboxylic acids is 1. The Kier molecular flexibility index (Phi) is 8.03. The van der Waals surface area contributed by atoms with Gasteiger partial charge in [-0.1, -0.05) is 60.7 Å². The van der Waals surface area contributed by atoms with Crippen molar-refractivity contribution >= 4 is 6.09 Å². The number of hydrogen-bond acceptors (Lipinski definition) is 4. The second kappa shape index (κ2) is 10.2. The van der Waals surface area contributed by atoms with E-state index in [1.165, 1.54) is 0 Å². The number of carbonyl (C=O) groups is 1. The third-order valence-corrected chi connectivity index (χ3v) is 3.87. The van der Waals surface area contributed by atoms with Crippen LogP contribution in [0.4, 0.5) is 4.79 Å². The van der Waals surface area contributed by atoms with Crippen molar-refractivity contribution in [2.24, 2.45) is 0 Å². The molecule has 5 nitrogen and oxygen atoms in total. The summed E-state index contributed by atoms with van der Waals surface area (Å²) >= 11 is 0. The van der Waals surface area contributed by atoms with Crippen molar-refractivity contribution in [3.8, 4) is 0 Å². The van der Waals surface area contributed by atoms with Gasteiger partial charge < -0.3 is 19.5 Å². The van der Waals surface area contributed by atoms with Crippen LogP contribution in [0.5, 0.6) is 0 Å². The first kappa shape index (κ1) is 21.9. The highest BCUT2D eigenvalue weighted by molar-refractivity contribution is 5.68. The number of hydrogen-bond donors (Lipinski definition) is 1. The molecule has 0 aliphatic carbocycles. The Balaban J connectivity index is 1.93. The smallest absolute Gasteiger partial charge is 0.408 e. The second-order valence-electron chi connectivity index (χ2n) is 8.14. The van der Waals surface area contributed by atoms with Gasteiger partial charge in [0.25, 0.3) is 0 Å². The average Bonchev–Trinajstić information content (AvgIpc) is 2.62. The number of nitrogens with one attached hydrogen (secondary N) is 1. The fourth-order valence-corrected chi connectivity index (χ4v) is 2.60. The first-order chi connectivity index (χ1) is 13.3. The maximum atomic E-state index is 12.3. The molecule has 5 heteroatoms. The molecule has 0 saturated carbocycles. The van der Waals surface area contributed by atoms with Crippen LogP contribution >= 0.6 is 0 Å². The summed E-state index contributed by atoms with van der Waals surface area (Å²) < 4.78 is 17.1. The van der Waals surface area contributed by atoms with Crippen molar-refractivity contribution in [1.82, 2.24) is 5.32 Å². The summed E-state index contributed by atoms with van der Waals surface area (Å²) in [6.07, 6.45) is -0.485. The minimum Gasteiger partial charge on any atom is -0.444 e. The summed E-state index contributed by atoms with van der Waals surface area (Å²) in [5, 5.41) is 2.91. The van der Waals surface area contributed by atoms with Gasteiger partial charge in [-0.3, -0.25) is 0 Å². The summed E-state index contributed by atoms with van der Waals surface area (Å²) in [4.78, 5) is 12.3. The zero-order valence-electron chi connectivity index (χ0n) is 17.2. The fourth-order valence-electron chi connectivity index (χ4n) is 2.60. The van der Waals surface area contributed by atoms with Crippen LogP contribution in [0, 0.1) is 0 Å². The average molecular weight is 386 g/mol. The normalized spacial score (nSPS) is 11.9. The van der Waals surface area contributed by atoms with Gasteiger partial charge in [-0.15, -0.1) is 0 Å². The molecule has 0 fully saturated rings. The molecule has 0 spiro atoms. The van der Waals surface area contributed by atoms with Crippen LogP contribution in [-0.2, 0) is 27.4 Å². The Labute approximate surface area is 168 Å². The van der Waals surface area contributed by atoms with Crippen molar-refractivity contribution in [3.05, 3.63) is 71.8 Å². The molecule has 28 heavy (non-hydrogen) atoms. The standard InChI is InChI=1S/C23H31NO4/c1-22(2,3)28-21(25)24-23(4,17-26-15-19-11-7-5-8-12-19)18-27-16-20-13-9-6-10-14-20/h5-14H,15-18H2,1-4H3,(H,24,25). The quantitative estimate of drug-likeness (QED) is 0.680. The lowest BCUT2D eigenvalue weighted by atomic mass is 10.1. The molecule has 152 valence electrons. The van der Waals surface area contributed by atoms with E-state index in [2.05, 4.69) is 5.32 Å². The minimum absolute atomic E-state index is 0.302. The number of benzene rings is 2. The van der Waals surface area contributed by atoms with E-state index in [0.29, 0.717) is 26.4 Å². The molecule has 0 aliphatic rings. The van der Waals surface area contributed by atoms with Crippen molar-refractivity contribution in [2.75, 3.05) is 13.2 Å². The SMILES string of the molecule is CC(COCc1ccccc1)(COCc1ccccc1)NC(=O)OC(C)(C)C. The minimum atomic E-state index is -0.716. The summed E-state index contributed by atoms with van der Waals surface area (Å²) in [6.45, 7) is 8.93. The van der Waals surface area contributed by atoms with Gasteiger partial charge in [0.15, 0.2) is 0 Å². The van der Waals surface area contributed by atoms with E-state index in [0.717, 1.165) is 11.1 Å². The van der Waals surface area contributed by atoms with E-state index in [1.807, 2.05) is 88.4 Å². The zero-order chi connectivity index (χ0) is 20.5. The molecule has 0 aromatic heterocycles. The van der Waals surface area contributed by atoms with E-state index in [9.17, 15) is 4.79 Å². The molecule has 0 unspecified atom stereocenters. The summed E-state index contributed by atoms with van der Waals surface area (Å²) in [5.74, 6) is 0. The lowest BCUT2D eigenvalue weighted by Crippen LogP contribution is -2.54. The molecule has 0 heterocycles. The molecule has 0 bridgehead atoms. The molecule has 1 N–H and O–H groups in total. The molecule has 0 atom stereocenters. The monoisotopic (exact) mass is 385 g/mol. The van der Waals surface area contributed by atoms with Crippen molar-refractivity contribution in [2.45, 2.75) is 52.0 Å². The van der Waals surface area contributed by atoms with Gasteiger partial charge >= 0.3 is 6.09 Å². The van der Waals surface area contributed by atoms with Gasteiger partial charge in [0.05, 0.1) is 32.0 Å². The molecule has 2 aromatic carbocycles. The van der Waals surface area contributed by atoms with Gasteiger partial charge in [-0.05, 0) is 38.8 Å². The predicted molar refractivity (Wildman–Crippen MR) is 110 cm³/mol. The van der Waals surface area contributed by atoms with E-state index in [-0.39, 0.29) is 0 Å². The van der Waals surface area contributed by atoms with Gasteiger partial charge in [-0.25, -0.2) is 4.79 Å². The Morgan fingerprint density at radius 2 is 1.21 bits per heavy atom. The molecular weight excluding hydrogens is 354 g/mol. The van der Waals surface area contributed by atoms with Crippen LogP contribution in [0.15, 0.2) is 60.7 Å². The van der Waals surface area contributed by atoms with Gasteiger partial charge in [0.1, 0.15) is 5.60 Å². The molecule has 1 amide bonds. The topological polar surface area (TPSA) is 56.8 Å². The predicted octanol–water partition coefficient (Wildman–Crippen LogP) is 4.70. The molecular formula is C23H31NO4. The van der Waals surface area contributed by atoms with E-state index in [1.54, 1.807) is 0 Å². The van der Waals surface area contributed by atoms with Crippen molar-refractivity contribution in [3.63, 3.8) is 0 Å². The highest BCUT2D eigenvalue weighted by atomic mass is 16.6. The molecule has 0 radical (unpaired) electrons. The zero-order valence-corrected chi connectivity index (χ0v) is 17.2. The maximum absolute atomic E-state index is 12.3. The number of ether oxygens (including phenoxy) is 3. The fraction of sp³-hybridized carbons (Fsp3) is 0.435. The number of rotatable bonds is 9. The van der Waals surface area contributed by atoms with E-state index >= 15 is 0 Å². The summed E-state index contributed by atoms with van der Waals surface area (Å²) in [5.41, 5.74) is 0.867. The van der Waals surface area contributed by atoms with Crippen LogP contribution in [0.1, 0.15) is 38.8 Å². The number of alkyl carbamates (subject to hydrolysis) is 1. The first-order valence-electron chi connectivity index (χ1n) is 9.50.